The lowest BCUT2D eigenvalue weighted by atomic mass is 10.00. The Kier molecular flexibility index (Phi) is 5.54. The van der Waals surface area contributed by atoms with E-state index in [-0.39, 0.29) is 11.3 Å². The summed E-state index contributed by atoms with van der Waals surface area (Å²) in [5, 5.41) is 39.2. The van der Waals surface area contributed by atoms with Crippen LogP contribution in [0.2, 0.25) is 0 Å². The van der Waals surface area contributed by atoms with Crippen molar-refractivity contribution in [2.24, 2.45) is 0 Å². The minimum absolute atomic E-state index is 0.106. The predicted molar refractivity (Wildman–Crippen MR) is 68.5 cm³/mol. The minimum atomic E-state index is -1.15. The molecule has 0 aliphatic carbocycles. The van der Waals surface area contributed by atoms with Crippen molar-refractivity contribution < 1.29 is 20.2 Å². The summed E-state index contributed by atoms with van der Waals surface area (Å²) in [5.74, 6) is 0.415. The molecule has 0 bridgehead atoms. The van der Waals surface area contributed by atoms with Crippen LogP contribution in [0, 0.1) is 10.1 Å². The van der Waals surface area contributed by atoms with Crippen molar-refractivity contribution in [2.75, 3.05) is 5.75 Å². The second kappa shape index (κ2) is 6.69. The van der Waals surface area contributed by atoms with Gasteiger partial charge in [-0.2, -0.15) is 12.6 Å². The molecule has 100 valence electrons. The molecular weight excluding hydrogens is 258 g/mol. The van der Waals surface area contributed by atoms with E-state index < -0.39 is 23.7 Å². The van der Waals surface area contributed by atoms with Crippen molar-refractivity contribution in [3.63, 3.8) is 0 Å². The first-order valence-electron chi connectivity index (χ1n) is 5.36. The first kappa shape index (κ1) is 14.9. The second-order valence-corrected chi connectivity index (χ2v) is 4.28. The molecule has 0 fully saturated rings. The van der Waals surface area contributed by atoms with Crippen LogP contribution < -0.4 is 0 Å². The Morgan fingerprint density at radius 3 is 2.56 bits per heavy atom. The first-order valence-corrected chi connectivity index (χ1v) is 5.99. The highest BCUT2D eigenvalue weighted by Crippen LogP contribution is 2.26. The SMILES string of the molecule is O=[N+]([O-])c1ccc(C(O)C(O)CCS)cc1CO. The summed E-state index contributed by atoms with van der Waals surface area (Å²) < 4.78 is 0. The van der Waals surface area contributed by atoms with Crippen LogP contribution in [0.25, 0.3) is 0 Å². The zero-order chi connectivity index (χ0) is 13.7. The molecule has 1 aromatic carbocycles. The summed E-state index contributed by atoms with van der Waals surface area (Å²) in [6.45, 7) is -0.500. The van der Waals surface area contributed by atoms with Crippen LogP contribution in [0.4, 0.5) is 5.69 Å². The molecular formula is C11H15NO5S. The Labute approximate surface area is 109 Å². The largest absolute Gasteiger partial charge is 0.391 e. The fourth-order valence-electron chi connectivity index (χ4n) is 1.61. The number of aliphatic hydroxyl groups excluding tert-OH is 3. The third-order valence-corrected chi connectivity index (χ3v) is 2.86. The summed E-state index contributed by atoms with van der Waals surface area (Å²) in [7, 11) is 0. The second-order valence-electron chi connectivity index (χ2n) is 3.83. The quantitative estimate of drug-likeness (QED) is 0.349. The van der Waals surface area contributed by atoms with Crippen LogP contribution in [0.15, 0.2) is 18.2 Å². The average Bonchev–Trinajstić information content (AvgIpc) is 2.37. The van der Waals surface area contributed by atoms with Crippen molar-refractivity contribution in [3.8, 4) is 0 Å². The first-order chi connectivity index (χ1) is 8.51. The monoisotopic (exact) mass is 273 g/mol. The topological polar surface area (TPSA) is 104 Å². The highest BCUT2D eigenvalue weighted by Gasteiger charge is 2.21. The number of rotatable bonds is 6. The van der Waals surface area contributed by atoms with Crippen molar-refractivity contribution >= 4 is 18.3 Å². The summed E-state index contributed by atoms with van der Waals surface area (Å²) in [5.41, 5.74) is 0.227. The maximum absolute atomic E-state index is 10.7. The van der Waals surface area contributed by atoms with Gasteiger partial charge in [0.15, 0.2) is 0 Å². The number of hydrogen-bond acceptors (Lipinski definition) is 6. The van der Waals surface area contributed by atoms with E-state index in [0.29, 0.717) is 17.7 Å². The number of thiol groups is 1. The third kappa shape index (κ3) is 3.42. The molecule has 0 aliphatic heterocycles. The molecule has 0 aliphatic rings. The van der Waals surface area contributed by atoms with Gasteiger partial charge >= 0.3 is 0 Å². The van der Waals surface area contributed by atoms with E-state index in [1.807, 2.05) is 0 Å². The lowest BCUT2D eigenvalue weighted by Gasteiger charge is -2.17. The molecule has 2 unspecified atom stereocenters. The number of aliphatic hydroxyl groups is 3. The molecule has 3 N–H and O–H groups in total. The number of nitrogens with zero attached hydrogens (tertiary/aromatic N) is 1. The summed E-state index contributed by atoms with van der Waals surface area (Å²) >= 11 is 3.95. The van der Waals surface area contributed by atoms with E-state index in [9.17, 15) is 20.3 Å². The van der Waals surface area contributed by atoms with Crippen LogP contribution in [0.1, 0.15) is 23.7 Å². The van der Waals surface area contributed by atoms with Gasteiger partial charge in [0.1, 0.15) is 6.10 Å². The van der Waals surface area contributed by atoms with Crippen LogP contribution >= 0.6 is 12.6 Å². The Balaban J connectivity index is 3.01. The molecule has 0 spiro atoms. The highest BCUT2D eigenvalue weighted by molar-refractivity contribution is 7.80. The maximum Gasteiger partial charge on any atom is 0.274 e. The van der Waals surface area contributed by atoms with Crippen LogP contribution in [-0.2, 0) is 6.61 Å². The molecule has 0 aromatic heterocycles. The Bertz CT molecular complexity index is 426. The van der Waals surface area contributed by atoms with E-state index in [1.165, 1.54) is 18.2 Å². The van der Waals surface area contributed by atoms with E-state index in [1.54, 1.807) is 0 Å². The summed E-state index contributed by atoms with van der Waals surface area (Å²) in [6, 6.07) is 3.89. The molecule has 2 atom stereocenters. The van der Waals surface area contributed by atoms with Gasteiger partial charge in [-0.3, -0.25) is 10.1 Å². The molecule has 1 rings (SSSR count). The lowest BCUT2D eigenvalue weighted by Crippen LogP contribution is -2.19. The molecule has 18 heavy (non-hydrogen) atoms. The summed E-state index contributed by atoms with van der Waals surface area (Å²) in [4.78, 5) is 10.1. The molecule has 6 nitrogen and oxygen atoms in total. The van der Waals surface area contributed by atoms with E-state index >= 15 is 0 Å². The predicted octanol–water partition coefficient (Wildman–Crippen LogP) is 0.801. The Morgan fingerprint density at radius 2 is 2.06 bits per heavy atom. The molecule has 0 heterocycles. The smallest absolute Gasteiger partial charge is 0.274 e. The van der Waals surface area contributed by atoms with E-state index in [0.717, 1.165) is 0 Å². The number of nitro groups is 1. The molecule has 0 amide bonds. The third-order valence-electron chi connectivity index (χ3n) is 2.60. The Hall–Kier alpha value is -1.15. The highest BCUT2D eigenvalue weighted by atomic mass is 32.1. The van der Waals surface area contributed by atoms with Gasteiger partial charge in [-0.25, -0.2) is 0 Å². The van der Waals surface area contributed by atoms with Crippen LogP contribution in [0.5, 0.6) is 0 Å². The number of nitro benzene ring substituents is 1. The standard InChI is InChI=1S/C11H15NO5S/c13-6-8-5-7(1-2-9(8)12(16)17)11(15)10(14)3-4-18/h1-2,5,10-11,13-15,18H,3-4,6H2. The van der Waals surface area contributed by atoms with Crippen LogP contribution in [-0.4, -0.2) is 32.1 Å². The van der Waals surface area contributed by atoms with Crippen molar-refractivity contribution in [3.05, 3.63) is 39.4 Å². The van der Waals surface area contributed by atoms with E-state index in [2.05, 4.69) is 12.6 Å². The molecule has 0 radical (unpaired) electrons. The van der Waals surface area contributed by atoms with E-state index in [4.69, 9.17) is 5.11 Å². The van der Waals surface area contributed by atoms with Gasteiger partial charge in [-0.15, -0.1) is 0 Å². The van der Waals surface area contributed by atoms with Gasteiger partial charge in [0.25, 0.3) is 5.69 Å². The normalized spacial score (nSPS) is 14.2. The fraction of sp³-hybridized carbons (Fsp3) is 0.455. The minimum Gasteiger partial charge on any atom is -0.391 e. The zero-order valence-corrected chi connectivity index (χ0v) is 10.5. The molecule has 0 saturated heterocycles. The molecule has 1 aromatic rings. The lowest BCUT2D eigenvalue weighted by molar-refractivity contribution is -0.385. The number of hydrogen-bond donors (Lipinski definition) is 4. The maximum atomic E-state index is 10.7. The van der Waals surface area contributed by atoms with Gasteiger partial charge in [0.2, 0.25) is 0 Å². The fourth-order valence-corrected chi connectivity index (χ4v) is 1.87. The molecule has 7 heteroatoms. The number of benzene rings is 1. The van der Waals surface area contributed by atoms with Gasteiger partial charge in [0.05, 0.1) is 23.2 Å². The van der Waals surface area contributed by atoms with Crippen LogP contribution in [0.3, 0.4) is 0 Å². The average molecular weight is 273 g/mol. The van der Waals surface area contributed by atoms with Crippen molar-refractivity contribution in [2.45, 2.75) is 25.2 Å². The molecule has 0 saturated carbocycles. The van der Waals surface area contributed by atoms with Gasteiger partial charge in [-0.05, 0) is 29.9 Å². The zero-order valence-electron chi connectivity index (χ0n) is 9.56. The van der Waals surface area contributed by atoms with Gasteiger partial charge < -0.3 is 15.3 Å². The summed E-state index contributed by atoms with van der Waals surface area (Å²) in [6.07, 6.45) is -1.84. The van der Waals surface area contributed by atoms with Crippen molar-refractivity contribution in [1.29, 1.82) is 0 Å². The Morgan fingerprint density at radius 1 is 1.39 bits per heavy atom. The van der Waals surface area contributed by atoms with Gasteiger partial charge in [0, 0.05) is 6.07 Å². The van der Waals surface area contributed by atoms with Gasteiger partial charge in [-0.1, -0.05) is 0 Å². The van der Waals surface area contributed by atoms with Crippen molar-refractivity contribution in [1.82, 2.24) is 0 Å².